The van der Waals surface area contributed by atoms with Crippen LogP contribution in [0.5, 0.6) is 5.75 Å². The number of nitro benzene ring substituents is 1. The van der Waals surface area contributed by atoms with Gasteiger partial charge in [-0.05, 0) is 18.7 Å². The predicted octanol–water partition coefficient (Wildman–Crippen LogP) is 3.24. The van der Waals surface area contributed by atoms with E-state index in [1.807, 2.05) is 13.8 Å². The summed E-state index contributed by atoms with van der Waals surface area (Å²) in [7, 11) is 0. The Bertz CT molecular complexity index is 418. The number of hydrogen-bond acceptors (Lipinski definition) is 4. The Morgan fingerprint density at radius 3 is 2.65 bits per heavy atom. The van der Waals surface area contributed by atoms with Gasteiger partial charge in [-0.15, -0.1) is 0 Å². The highest BCUT2D eigenvalue weighted by Crippen LogP contribution is 2.28. The first-order valence-corrected chi connectivity index (χ1v) is 5.98. The van der Waals surface area contributed by atoms with Crippen molar-refractivity contribution in [3.05, 3.63) is 33.9 Å². The van der Waals surface area contributed by atoms with Crippen molar-refractivity contribution in [3.63, 3.8) is 0 Å². The highest BCUT2D eigenvalue weighted by Gasteiger charge is 2.19. The van der Waals surface area contributed by atoms with Crippen LogP contribution in [0.4, 0.5) is 5.69 Å². The SMILES string of the molecule is Cc1c(OCC(C)(C)CS)cccc1[N+](=O)[O-]. The molecule has 0 spiro atoms. The van der Waals surface area contributed by atoms with Gasteiger partial charge in [0, 0.05) is 11.5 Å². The summed E-state index contributed by atoms with van der Waals surface area (Å²) in [6.45, 7) is 6.25. The lowest BCUT2D eigenvalue weighted by Crippen LogP contribution is -2.23. The largest absolute Gasteiger partial charge is 0.492 e. The maximum absolute atomic E-state index is 10.8. The van der Waals surface area contributed by atoms with Gasteiger partial charge in [-0.3, -0.25) is 10.1 Å². The van der Waals surface area contributed by atoms with E-state index in [2.05, 4.69) is 12.6 Å². The predicted molar refractivity (Wildman–Crippen MR) is 71.0 cm³/mol. The molecule has 0 saturated heterocycles. The number of rotatable bonds is 5. The molecule has 0 aromatic heterocycles. The lowest BCUT2D eigenvalue weighted by atomic mass is 9.98. The van der Waals surface area contributed by atoms with Crippen molar-refractivity contribution in [3.8, 4) is 5.75 Å². The first-order valence-electron chi connectivity index (χ1n) is 5.35. The summed E-state index contributed by atoms with van der Waals surface area (Å²) < 4.78 is 5.63. The molecule has 0 saturated carbocycles. The van der Waals surface area contributed by atoms with Gasteiger partial charge in [-0.25, -0.2) is 0 Å². The molecular formula is C12H17NO3S. The molecular weight excluding hydrogens is 238 g/mol. The van der Waals surface area contributed by atoms with Crippen LogP contribution in [0.3, 0.4) is 0 Å². The molecule has 1 rings (SSSR count). The normalized spacial score (nSPS) is 11.3. The highest BCUT2D eigenvalue weighted by atomic mass is 32.1. The Hall–Kier alpha value is -1.23. The molecule has 0 radical (unpaired) electrons. The van der Waals surface area contributed by atoms with Gasteiger partial charge in [0.05, 0.1) is 17.1 Å². The van der Waals surface area contributed by atoms with Crippen molar-refractivity contribution < 1.29 is 9.66 Å². The number of nitrogens with zero attached hydrogens (tertiary/aromatic N) is 1. The summed E-state index contributed by atoms with van der Waals surface area (Å²) in [5.74, 6) is 1.26. The molecule has 0 aliphatic rings. The zero-order valence-corrected chi connectivity index (χ0v) is 11.2. The van der Waals surface area contributed by atoms with Gasteiger partial charge in [0.1, 0.15) is 5.75 Å². The van der Waals surface area contributed by atoms with E-state index in [4.69, 9.17) is 4.74 Å². The molecule has 0 unspecified atom stereocenters. The van der Waals surface area contributed by atoms with Gasteiger partial charge in [-0.1, -0.05) is 19.9 Å². The smallest absolute Gasteiger partial charge is 0.276 e. The Kier molecular flexibility index (Phi) is 4.40. The van der Waals surface area contributed by atoms with Crippen LogP contribution >= 0.6 is 12.6 Å². The van der Waals surface area contributed by atoms with E-state index in [9.17, 15) is 10.1 Å². The number of thiol groups is 1. The van der Waals surface area contributed by atoms with Crippen LogP contribution in [0, 0.1) is 22.5 Å². The number of hydrogen-bond donors (Lipinski definition) is 1. The van der Waals surface area contributed by atoms with Crippen molar-refractivity contribution in [1.82, 2.24) is 0 Å². The second-order valence-electron chi connectivity index (χ2n) is 4.77. The Morgan fingerprint density at radius 1 is 1.47 bits per heavy atom. The molecule has 0 aliphatic carbocycles. The van der Waals surface area contributed by atoms with E-state index in [0.717, 1.165) is 0 Å². The molecule has 0 heterocycles. The van der Waals surface area contributed by atoms with Crippen LogP contribution in [-0.4, -0.2) is 17.3 Å². The topological polar surface area (TPSA) is 52.4 Å². The molecule has 1 aromatic rings. The molecule has 4 nitrogen and oxygen atoms in total. The Labute approximate surface area is 107 Å². The summed E-state index contributed by atoms with van der Waals surface area (Å²) in [5.41, 5.74) is 0.596. The van der Waals surface area contributed by atoms with Crippen LogP contribution < -0.4 is 4.74 Å². The van der Waals surface area contributed by atoms with Crippen LogP contribution in [0.2, 0.25) is 0 Å². The molecule has 5 heteroatoms. The third kappa shape index (κ3) is 3.63. The minimum Gasteiger partial charge on any atom is -0.492 e. The molecule has 0 amide bonds. The Morgan fingerprint density at radius 2 is 2.12 bits per heavy atom. The first-order chi connectivity index (χ1) is 7.87. The van der Waals surface area contributed by atoms with E-state index >= 15 is 0 Å². The zero-order valence-electron chi connectivity index (χ0n) is 10.3. The second-order valence-corrected chi connectivity index (χ2v) is 5.08. The maximum Gasteiger partial charge on any atom is 0.276 e. The molecule has 1 aromatic carbocycles. The van der Waals surface area contributed by atoms with Crippen LogP contribution in [0.1, 0.15) is 19.4 Å². The summed E-state index contributed by atoms with van der Waals surface area (Å²) in [6, 6.07) is 4.86. The van der Waals surface area contributed by atoms with Crippen LogP contribution in [0.15, 0.2) is 18.2 Å². The van der Waals surface area contributed by atoms with E-state index in [1.54, 1.807) is 19.1 Å². The zero-order chi connectivity index (χ0) is 13.1. The van der Waals surface area contributed by atoms with Crippen molar-refractivity contribution in [2.24, 2.45) is 5.41 Å². The number of benzene rings is 1. The second kappa shape index (κ2) is 5.40. The molecule has 0 bridgehead atoms. The minimum absolute atomic E-state index is 0.0554. The summed E-state index contributed by atoms with van der Waals surface area (Å²) in [6.07, 6.45) is 0. The fourth-order valence-corrected chi connectivity index (χ4v) is 1.37. The molecule has 94 valence electrons. The first kappa shape index (κ1) is 13.8. The number of nitro groups is 1. The average Bonchev–Trinajstić information content (AvgIpc) is 2.27. The summed E-state index contributed by atoms with van der Waals surface area (Å²) in [5, 5.41) is 10.8. The quantitative estimate of drug-likeness (QED) is 0.499. The van der Waals surface area contributed by atoms with Gasteiger partial charge in [0.25, 0.3) is 5.69 Å². The van der Waals surface area contributed by atoms with Crippen LogP contribution in [-0.2, 0) is 0 Å². The van der Waals surface area contributed by atoms with Gasteiger partial charge in [0.2, 0.25) is 0 Å². The lowest BCUT2D eigenvalue weighted by molar-refractivity contribution is -0.385. The third-order valence-electron chi connectivity index (χ3n) is 2.50. The summed E-state index contributed by atoms with van der Waals surface area (Å²) in [4.78, 5) is 10.4. The van der Waals surface area contributed by atoms with E-state index in [1.165, 1.54) is 6.07 Å². The van der Waals surface area contributed by atoms with Crippen molar-refractivity contribution >= 4 is 18.3 Å². The molecule has 0 fully saturated rings. The lowest BCUT2D eigenvalue weighted by Gasteiger charge is -2.22. The fraction of sp³-hybridized carbons (Fsp3) is 0.500. The van der Waals surface area contributed by atoms with Crippen molar-refractivity contribution in [1.29, 1.82) is 0 Å². The van der Waals surface area contributed by atoms with Gasteiger partial charge in [-0.2, -0.15) is 12.6 Å². The molecule has 0 N–H and O–H groups in total. The van der Waals surface area contributed by atoms with Gasteiger partial charge in [0.15, 0.2) is 0 Å². The molecule has 0 atom stereocenters. The highest BCUT2D eigenvalue weighted by molar-refractivity contribution is 7.80. The third-order valence-corrected chi connectivity index (χ3v) is 3.35. The maximum atomic E-state index is 10.8. The standard InChI is InChI=1S/C12H17NO3S/c1-9-10(13(14)15)5-4-6-11(9)16-7-12(2,3)8-17/h4-6,17H,7-8H2,1-3H3. The van der Waals surface area contributed by atoms with E-state index < -0.39 is 4.92 Å². The molecule has 0 aliphatic heterocycles. The number of ether oxygens (including phenoxy) is 1. The average molecular weight is 255 g/mol. The van der Waals surface area contributed by atoms with Gasteiger partial charge >= 0.3 is 0 Å². The molecule has 17 heavy (non-hydrogen) atoms. The van der Waals surface area contributed by atoms with E-state index in [-0.39, 0.29) is 11.1 Å². The minimum atomic E-state index is -0.397. The van der Waals surface area contributed by atoms with Crippen molar-refractivity contribution in [2.75, 3.05) is 12.4 Å². The van der Waals surface area contributed by atoms with Crippen LogP contribution in [0.25, 0.3) is 0 Å². The fourth-order valence-electron chi connectivity index (χ4n) is 1.28. The van der Waals surface area contributed by atoms with Crippen molar-refractivity contribution in [2.45, 2.75) is 20.8 Å². The summed E-state index contributed by atoms with van der Waals surface area (Å²) >= 11 is 4.24. The Balaban J connectivity index is 2.86. The van der Waals surface area contributed by atoms with E-state index in [0.29, 0.717) is 23.7 Å². The monoisotopic (exact) mass is 255 g/mol. The van der Waals surface area contributed by atoms with Gasteiger partial charge < -0.3 is 4.74 Å².